The van der Waals surface area contributed by atoms with Gasteiger partial charge in [0.15, 0.2) is 11.5 Å². The number of hydrogen-bond donors (Lipinski definition) is 2. The lowest BCUT2D eigenvalue weighted by Crippen LogP contribution is -2.23. The number of nitrogens with two attached hydrogens (primary N) is 1. The normalized spacial score (nSPS) is 13.1. The van der Waals surface area contributed by atoms with Crippen LogP contribution >= 0.6 is 9.24 Å². The largest absolute Gasteiger partial charge is 0.394 e. The van der Waals surface area contributed by atoms with Gasteiger partial charge in [-0.3, -0.25) is 0 Å². The molecule has 0 saturated heterocycles. The van der Waals surface area contributed by atoms with E-state index in [1.54, 1.807) is 10.9 Å². The third-order valence-corrected chi connectivity index (χ3v) is 2.56. The second-order valence-corrected chi connectivity index (χ2v) is 3.80. The standard InChI is InChI=1S/C9H14N5O2P/c10-8-7-9(12-3-11-8)14(4-13-7)1-6(2-15)16-5-17/h3-4,6,15H,1-2,5,17H2,(H2,10,11,12)/t6-/m0/s1. The van der Waals surface area contributed by atoms with E-state index in [0.29, 0.717) is 29.9 Å². The van der Waals surface area contributed by atoms with Gasteiger partial charge in [-0.15, -0.1) is 9.24 Å². The van der Waals surface area contributed by atoms with Crippen molar-refractivity contribution in [2.75, 3.05) is 18.7 Å². The van der Waals surface area contributed by atoms with Crippen LogP contribution in [0.1, 0.15) is 0 Å². The molecule has 2 atom stereocenters. The summed E-state index contributed by atoms with van der Waals surface area (Å²) in [6.07, 6.45) is 3.18. The number of ether oxygens (including phenoxy) is 1. The monoisotopic (exact) mass is 255 g/mol. The van der Waals surface area contributed by atoms with Crippen molar-refractivity contribution in [2.45, 2.75) is 12.6 Å². The Labute approximate surface area is 100 Å². The first-order valence-corrected chi connectivity index (χ1v) is 5.91. The van der Waals surface area contributed by atoms with E-state index < -0.39 is 0 Å². The average Bonchev–Trinajstić information content (AvgIpc) is 2.73. The first kappa shape index (κ1) is 12.2. The van der Waals surface area contributed by atoms with E-state index >= 15 is 0 Å². The summed E-state index contributed by atoms with van der Waals surface area (Å²) in [5.74, 6) is 0.348. The van der Waals surface area contributed by atoms with E-state index in [1.165, 1.54) is 6.33 Å². The number of nitrogens with zero attached hydrogens (tertiary/aromatic N) is 4. The van der Waals surface area contributed by atoms with Crippen LogP contribution in [0.3, 0.4) is 0 Å². The Balaban J connectivity index is 2.27. The molecule has 0 fully saturated rings. The Hall–Kier alpha value is -1.30. The summed E-state index contributed by atoms with van der Waals surface area (Å²) < 4.78 is 7.12. The fraction of sp³-hybridized carbons (Fsp3) is 0.444. The Morgan fingerprint density at radius 2 is 2.29 bits per heavy atom. The van der Waals surface area contributed by atoms with E-state index in [4.69, 9.17) is 15.6 Å². The molecule has 2 heterocycles. The van der Waals surface area contributed by atoms with Gasteiger partial charge in [-0.05, 0) is 0 Å². The lowest BCUT2D eigenvalue weighted by molar-refractivity contribution is 0.0290. The number of nitrogen functional groups attached to an aromatic ring is 1. The van der Waals surface area contributed by atoms with Gasteiger partial charge in [-0.2, -0.15) is 0 Å². The predicted molar refractivity (Wildman–Crippen MR) is 66.3 cm³/mol. The van der Waals surface area contributed by atoms with Crippen LogP contribution in [-0.4, -0.2) is 43.7 Å². The Kier molecular flexibility index (Phi) is 3.83. The second-order valence-electron chi connectivity index (χ2n) is 3.47. The van der Waals surface area contributed by atoms with Crippen LogP contribution in [0.25, 0.3) is 11.2 Å². The highest BCUT2D eigenvalue weighted by atomic mass is 31.0. The molecular formula is C9H14N5O2P. The number of fused-ring (bicyclic) bond motifs is 1. The van der Waals surface area contributed by atoms with Gasteiger partial charge >= 0.3 is 0 Å². The van der Waals surface area contributed by atoms with Gasteiger partial charge in [0.25, 0.3) is 0 Å². The fourth-order valence-electron chi connectivity index (χ4n) is 1.55. The van der Waals surface area contributed by atoms with Gasteiger partial charge in [0.1, 0.15) is 11.8 Å². The van der Waals surface area contributed by atoms with Crippen molar-refractivity contribution >= 4 is 26.2 Å². The van der Waals surface area contributed by atoms with Crippen molar-refractivity contribution in [3.8, 4) is 0 Å². The van der Waals surface area contributed by atoms with Gasteiger partial charge < -0.3 is 20.1 Å². The SMILES string of the molecule is Nc1ncnc2c1ncn2C[C@@H](CO)OCP. The third-order valence-electron chi connectivity index (χ3n) is 2.37. The molecule has 2 rings (SSSR count). The average molecular weight is 255 g/mol. The number of rotatable bonds is 5. The molecule has 0 radical (unpaired) electrons. The Morgan fingerprint density at radius 3 is 3.00 bits per heavy atom. The van der Waals surface area contributed by atoms with E-state index in [1.807, 2.05) is 0 Å². The van der Waals surface area contributed by atoms with Gasteiger partial charge in [-0.25, -0.2) is 15.0 Å². The van der Waals surface area contributed by atoms with E-state index in [2.05, 4.69) is 24.2 Å². The highest BCUT2D eigenvalue weighted by molar-refractivity contribution is 7.16. The van der Waals surface area contributed by atoms with Gasteiger partial charge in [0, 0.05) is 0 Å². The molecule has 2 aromatic heterocycles. The van der Waals surface area contributed by atoms with Gasteiger partial charge in [0.2, 0.25) is 0 Å². The highest BCUT2D eigenvalue weighted by Crippen LogP contribution is 2.14. The van der Waals surface area contributed by atoms with Crippen LogP contribution in [0.15, 0.2) is 12.7 Å². The molecule has 3 N–H and O–H groups in total. The highest BCUT2D eigenvalue weighted by Gasteiger charge is 2.12. The summed E-state index contributed by atoms with van der Waals surface area (Å²) in [5.41, 5.74) is 6.89. The van der Waals surface area contributed by atoms with Crippen LogP contribution in [0.4, 0.5) is 5.82 Å². The van der Waals surface area contributed by atoms with Crippen LogP contribution in [0.5, 0.6) is 0 Å². The molecule has 0 amide bonds. The predicted octanol–water partition coefficient (Wildman–Crippen LogP) is -0.381. The molecular weight excluding hydrogens is 241 g/mol. The van der Waals surface area contributed by atoms with Crippen molar-refractivity contribution in [2.24, 2.45) is 0 Å². The summed E-state index contributed by atoms with van der Waals surface area (Å²) >= 11 is 0. The second kappa shape index (κ2) is 5.35. The lowest BCUT2D eigenvalue weighted by atomic mass is 10.3. The molecule has 0 aromatic carbocycles. The zero-order chi connectivity index (χ0) is 12.3. The summed E-state index contributed by atoms with van der Waals surface area (Å²) in [6.45, 7) is 0.409. The summed E-state index contributed by atoms with van der Waals surface area (Å²) in [5, 5.41) is 9.16. The van der Waals surface area contributed by atoms with Crippen molar-refractivity contribution in [1.82, 2.24) is 19.5 Å². The first-order chi connectivity index (χ1) is 8.26. The minimum atomic E-state index is -0.291. The van der Waals surface area contributed by atoms with Crippen molar-refractivity contribution in [3.05, 3.63) is 12.7 Å². The number of hydrogen-bond acceptors (Lipinski definition) is 6. The molecule has 92 valence electrons. The van der Waals surface area contributed by atoms with E-state index in [-0.39, 0.29) is 12.7 Å². The van der Waals surface area contributed by atoms with Crippen LogP contribution in [-0.2, 0) is 11.3 Å². The van der Waals surface area contributed by atoms with Crippen LogP contribution in [0.2, 0.25) is 0 Å². The third kappa shape index (κ3) is 2.52. The molecule has 0 aliphatic rings. The number of imidazole rings is 1. The zero-order valence-electron chi connectivity index (χ0n) is 9.15. The molecule has 2 aromatic rings. The number of anilines is 1. The maximum absolute atomic E-state index is 9.16. The number of aromatic nitrogens is 4. The number of aliphatic hydroxyl groups is 1. The molecule has 0 bridgehead atoms. The quantitative estimate of drug-likeness (QED) is 0.706. The molecule has 0 saturated carbocycles. The minimum absolute atomic E-state index is 0.0609. The minimum Gasteiger partial charge on any atom is -0.394 e. The molecule has 0 aliphatic heterocycles. The van der Waals surface area contributed by atoms with E-state index in [9.17, 15) is 0 Å². The van der Waals surface area contributed by atoms with Crippen molar-refractivity contribution in [3.63, 3.8) is 0 Å². The van der Waals surface area contributed by atoms with E-state index in [0.717, 1.165) is 0 Å². The topological polar surface area (TPSA) is 99.1 Å². The van der Waals surface area contributed by atoms with Crippen molar-refractivity contribution in [1.29, 1.82) is 0 Å². The first-order valence-electron chi connectivity index (χ1n) is 5.10. The summed E-state index contributed by atoms with van der Waals surface area (Å²) in [4.78, 5) is 12.1. The fourth-order valence-corrected chi connectivity index (χ4v) is 1.82. The van der Waals surface area contributed by atoms with Crippen LogP contribution in [0, 0.1) is 0 Å². The maximum atomic E-state index is 9.16. The van der Waals surface area contributed by atoms with Gasteiger partial charge in [-0.1, -0.05) is 0 Å². The smallest absolute Gasteiger partial charge is 0.165 e. The molecule has 1 unspecified atom stereocenters. The molecule has 0 aliphatic carbocycles. The Bertz CT molecular complexity index is 503. The van der Waals surface area contributed by atoms with Crippen LogP contribution < -0.4 is 5.73 Å². The van der Waals surface area contributed by atoms with Gasteiger partial charge in [0.05, 0.1) is 31.9 Å². The molecule has 0 spiro atoms. The van der Waals surface area contributed by atoms with Crippen molar-refractivity contribution < 1.29 is 9.84 Å². The zero-order valence-corrected chi connectivity index (χ0v) is 10.3. The Morgan fingerprint density at radius 1 is 1.47 bits per heavy atom. The summed E-state index contributed by atoms with van der Waals surface area (Å²) in [6, 6.07) is 0. The lowest BCUT2D eigenvalue weighted by Gasteiger charge is -2.14. The number of aliphatic hydroxyl groups excluding tert-OH is 1. The molecule has 17 heavy (non-hydrogen) atoms. The molecule has 8 heteroatoms. The molecule has 7 nitrogen and oxygen atoms in total. The maximum Gasteiger partial charge on any atom is 0.165 e. The summed E-state index contributed by atoms with van der Waals surface area (Å²) in [7, 11) is 2.45.